The number of anilines is 1. The Balaban J connectivity index is 1.76. The van der Waals surface area contributed by atoms with Gasteiger partial charge in [-0.15, -0.1) is 11.3 Å². The van der Waals surface area contributed by atoms with Gasteiger partial charge in [0.2, 0.25) is 0 Å². The summed E-state index contributed by atoms with van der Waals surface area (Å²) in [5.41, 5.74) is 1.43. The number of ether oxygens (including phenoxy) is 3. The number of benzene rings is 2. The van der Waals surface area contributed by atoms with Gasteiger partial charge >= 0.3 is 5.97 Å². The summed E-state index contributed by atoms with van der Waals surface area (Å²) >= 11 is 1.19. The number of hydrogen-bond acceptors (Lipinski definition) is 6. The Hall–Kier alpha value is -3.39. The Bertz CT molecular complexity index is 1020. The van der Waals surface area contributed by atoms with Crippen molar-refractivity contribution < 1.29 is 28.2 Å². The topological polar surface area (TPSA) is 73.9 Å². The molecule has 0 saturated heterocycles. The van der Waals surface area contributed by atoms with Gasteiger partial charge in [-0.2, -0.15) is 0 Å². The third kappa shape index (κ3) is 5.15. The van der Waals surface area contributed by atoms with Gasteiger partial charge in [-0.1, -0.05) is 12.1 Å². The lowest BCUT2D eigenvalue weighted by Crippen LogP contribution is -2.21. The van der Waals surface area contributed by atoms with E-state index in [2.05, 4.69) is 5.32 Å². The van der Waals surface area contributed by atoms with E-state index in [4.69, 9.17) is 14.2 Å². The van der Waals surface area contributed by atoms with Crippen molar-refractivity contribution in [3.8, 4) is 22.6 Å². The van der Waals surface area contributed by atoms with Crippen LogP contribution in [0.2, 0.25) is 0 Å². The van der Waals surface area contributed by atoms with Gasteiger partial charge in [0.15, 0.2) is 6.61 Å². The Morgan fingerprint density at radius 2 is 1.70 bits per heavy atom. The Morgan fingerprint density at radius 1 is 1.03 bits per heavy atom. The standard InChI is InChI=1S/C22H20FNO5S/c1-3-28-22(26)20-18(14-4-6-15(23)7-5-14)13-30-21(20)24-19(25)12-29-17-10-8-16(27-2)9-11-17/h4-11,13H,3,12H2,1-2H3,(H,24,25). The van der Waals surface area contributed by atoms with Crippen LogP contribution in [0.25, 0.3) is 11.1 Å². The third-order valence-electron chi connectivity index (χ3n) is 4.11. The number of thiophene rings is 1. The maximum absolute atomic E-state index is 13.3. The second-order valence-electron chi connectivity index (χ2n) is 6.09. The van der Waals surface area contributed by atoms with Gasteiger partial charge in [0.1, 0.15) is 27.9 Å². The molecule has 0 fully saturated rings. The molecule has 2 aromatic carbocycles. The first-order valence-electron chi connectivity index (χ1n) is 9.13. The van der Waals surface area contributed by atoms with E-state index in [1.165, 1.54) is 23.5 Å². The summed E-state index contributed by atoms with van der Waals surface area (Å²) in [5.74, 6) is -0.184. The van der Waals surface area contributed by atoms with Crippen LogP contribution in [0.5, 0.6) is 11.5 Å². The zero-order valence-electron chi connectivity index (χ0n) is 16.4. The third-order valence-corrected chi connectivity index (χ3v) is 5.00. The van der Waals surface area contributed by atoms with Crippen molar-refractivity contribution in [2.75, 3.05) is 25.6 Å². The maximum atomic E-state index is 13.3. The van der Waals surface area contributed by atoms with Crippen LogP contribution in [0.3, 0.4) is 0 Å². The van der Waals surface area contributed by atoms with Gasteiger partial charge in [0.25, 0.3) is 5.91 Å². The number of nitrogens with one attached hydrogen (secondary N) is 1. The first-order valence-corrected chi connectivity index (χ1v) is 10.0. The minimum Gasteiger partial charge on any atom is -0.497 e. The van der Waals surface area contributed by atoms with Crippen LogP contribution in [0, 0.1) is 5.82 Å². The molecule has 0 spiro atoms. The van der Waals surface area contributed by atoms with Crippen molar-refractivity contribution in [2.45, 2.75) is 6.92 Å². The molecule has 0 saturated carbocycles. The predicted molar refractivity (Wildman–Crippen MR) is 113 cm³/mol. The summed E-state index contributed by atoms with van der Waals surface area (Å²) in [5, 5.41) is 4.76. The summed E-state index contributed by atoms with van der Waals surface area (Å²) in [7, 11) is 1.56. The molecule has 3 aromatic rings. The highest BCUT2D eigenvalue weighted by Crippen LogP contribution is 2.36. The van der Waals surface area contributed by atoms with E-state index in [1.54, 1.807) is 55.8 Å². The molecular weight excluding hydrogens is 409 g/mol. The molecule has 1 heterocycles. The molecule has 8 heteroatoms. The molecule has 1 aromatic heterocycles. The molecule has 3 rings (SSSR count). The lowest BCUT2D eigenvalue weighted by molar-refractivity contribution is -0.118. The van der Waals surface area contributed by atoms with Gasteiger partial charge < -0.3 is 19.5 Å². The number of halogens is 1. The quantitative estimate of drug-likeness (QED) is 0.523. The Morgan fingerprint density at radius 3 is 2.33 bits per heavy atom. The van der Waals surface area contributed by atoms with Gasteiger partial charge in [-0.3, -0.25) is 4.79 Å². The monoisotopic (exact) mass is 429 g/mol. The van der Waals surface area contributed by atoms with Crippen molar-refractivity contribution in [3.63, 3.8) is 0 Å². The summed E-state index contributed by atoms with van der Waals surface area (Å²) in [4.78, 5) is 24.9. The van der Waals surface area contributed by atoms with Crippen LogP contribution in [0.1, 0.15) is 17.3 Å². The minimum absolute atomic E-state index is 0.186. The predicted octanol–water partition coefficient (Wildman–Crippen LogP) is 4.76. The van der Waals surface area contributed by atoms with Crippen LogP contribution in [0.15, 0.2) is 53.9 Å². The molecule has 30 heavy (non-hydrogen) atoms. The summed E-state index contributed by atoms with van der Waals surface area (Å²) < 4.78 is 29.0. The van der Waals surface area contributed by atoms with E-state index in [0.29, 0.717) is 27.6 Å². The zero-order valence-corrected chi connectivity index (χ0v) is 17.3. The Labute approximate surface area is 177 Å². The lowest BCUT2D eigenvalue weighted by Gasteiger charge is -2.10. The number of methoxy groups -OCH3 is 1. The number of carbonyl (C=O) groups excluding carboxylic acids is 2. The van der Waals surface area contributed by atoms with E-state index in [9.17, 15) is 14.0 Å². The smallest absolute Gasteiger partial charge is 0.341 e. The van der Waals surface area contributed by atoms with Crippen LogP contribution in [-0.2, 0) is 9.53 Å². The minimum atomic E-state index is -0.565. The molecule has 0 bridgehead atoms. The van der Waals surface area contributed by atoms with E-state index in [0.717, 1.165) is 0 Å². The molecule has 0 radical (unpaired) electrons. The van der Waals surface area contributed by atoms with E-state index in [-0.39, 0.29) is 24.6 Å². The summed E-state index contributed by atoms with van der Waals surface area (Å²) in [6.07, 6.45) is 0. The molecule has 0 aliphatic rings. The van der Waals surface area contributed by atoms with Gasteiger partial charge in [-0.25, -0.2) is 9.18 Å². The molecule has 0 unspecified atom stereocenters. The van der Waals surface area contributed by atoms with Gasteiger partial charge in [-0.05, 0) is 48.9 Å². The van der Waals surface area contributed by atoms with Crippen molar-refractivity contribution in [1.29, 1.82) is 0 Å². The molecule has 156 valence electrons. The van der Waals surface area contributed by atoms with Gasteiger partial charge in [0.05, 0.1) is 13.7 Å². The fourth-order valence-corrected chi connectivity index (χ4v) is 3.65. The van der Waals surface area contributed by atoms with Crippen LogP contribution >= 0.6 is 11.3 Å². The van der Waals surface area contributed by atoms with Crippen molar-refractivity contribution in [1.82, 2.24) is 0 Å². The molecule has 0 atom stereocenters. The van der Waals surface area contributed by atoms with Crippen LogP contribution < -0.4 is 14.8 Å². The molecule has 1 amide bonds. The molecule has 0 aliphatic carbocycles. The number of carbonyl (C=O) groups is 2. The zero-order chi connectivity index (χ0) is 21.5. The van der Waals surface area contributed by atoms with Crippen LogP contribution in [0.4, 0.5) is 9.39 Å². The first kappa shape index (κ1) is 21.3. The largest absolute Gasteiger partial charge is 0.497 e. The number of rotatable bonds is 8. The highest BCUT2D eigenvalue weighted by atomic mass is 32.1. The summed E-state index contributed by atoms with van der Waals surface area (Å²) in [6, 6.07) is 12.6. The second-order valence-corrected chi connectivity index (χ2v) is 6.97. The van der Waals surface area contributed by atoms with Crippen molar-refractivity contribution in [3.05, 3.63) is 65.3 Å². The normalized spacial score (nSPS) is 10.4. The second kappa shape index (κ2) is 9.89. The number of amides is 1. The van der Waals surface area contributed by atoms with E-state index in [1.807, 2.05) is 0 Å². The summed E-state index contributed by atoms with van der Waals surface area (Å²) in [6.45, 7) is 1.65. The Kier molecular flexibility index (Phi) is 7.03. The molecule has 0 aliphatic heterocycles. The SMILES string of the molecule is CCOC(=O)c1c(-c2ccc(F)cc2)csc1NC(=O)COc1ccc(OC)cc1. The highest BCUT2D eigenvalue weighted by Gasteiger charge is 2.23. The highest BCUT2D eigenvalue weighted by molar-refractivity contribution is 7.15. The van der Waals surface area contributed by atoms with Gasteiger partial charge in [0, 0.05) is 10.9 Å². The average Bonchev–Trinajstić information content (AvgIpc) is 3.17. The maximum Gasteiger partial charge on any atom is 0.341 e. The van der Waals surface area contributed by atoms with Crippen molar-refractivity contribution >= 4 is 28.2 Å². The lowest BCUT2D eigenvalue weighted by atomic mass is 10.0. The molecule has 1 N–H and O–H groups in total. The average molecular weight is 429 g/mol. The van der Waals surface area contributed by atoms with Crippen molar-refractivity contribution in [2.24, 2.45) is 0 Å². The number of hydrogen-bond donors (Lipinski definition) is 1. The fourth-order valence-electron chi connectivity index (χ4n) is 2.68. The fraction of sp³-hybridized carbons (Fsp3) is 0.182. The molecule has 6 nitrogen and oxygen atoms in total. The molecular formula is C22H20FNO5S. The number of esters is 1. The first-order chi connectivity index (χ1) is 14.5. The van der Waals surface area contributed by atoms with Crippen LogP contribution in [-0.4, -0.2) is 32.2 Å². The van der Waals surface area contributed by atoms with E-state index < -0.39 is 11.9 Å². The van der Waals surface area contributed by atoms with E-state index >= 15 is 0 Å².